The zero-order chi connectivity index (χ0) is 20.7. The molecule has 6 nitrogen and oxygen atoms in total. The summed E-state index contributed by atoms with van der Waals surface area (Å²) in [5.41, 5.74) is -0.205. The number of methoxy groups -OCH3 is 1. The van der Waals surface area contributed by atoms with E-state index in [0.29, 0.717) is 17.7 Å². The minimum absolute atomic E-state index is 0.0707. The molecule has 1 amide bonds. The van der Waals surface area contributed by atoms with Crippen LogP contribution in [0.4, 0.5) is 13.2 Å². The molecule has 28 heavy (non-hydrogen) atoms. The van der Waals surface area contributed by atoms with Gasteiger partial charge in [-0.1, -0.05) is 18.2 Å². The number of para-hydroxylation sites is 1. The van der Waals surface area contributed by atoms with Crippen molar-refractivity contribution < 1.29 is 37.3 Å². The summed E-state index contributed by atoms with van der Waals surface area (Å²) in [4.78, 5) is 22.8. The molecule has 0 spiro atoms. The van der Waals surface area contributed by atoms with Crippen molar-refractivity contribution in [3.63, 3.8) is 0 Å². The van der Waals surface area contributed by atoms with E-state index < -0.39 is 36.0 Å². The number of halogens is 3. The van der Waals surface area contributed by atoms with Crippen LogP contribution in [0.25, 0.3) is 0 Å². The highest BCUT2D eigenvalue weighted by molar-refractivity contribution is 5.88. The number of carboxylic acid groups (broad SMARTS) is 1. The van der Waals surface area contributed by atoms with Gasteiger partial charge < -0.3 is 19.9 Å². The van der Waals surface area contributed by atoms with Crippen molar-refractivity contribution in [2.24, 2.45) is 0 Å². The summed E-state index contributed by atoms with van der Waals surface area (Å²) in [7, 11) is 1.40. The van der Waals surface area contributed by atoms with Crippen LogP contribution >= 0.6 is 0 Å². The van der Waals surface area contributed by atoms with Crippen molar-refractivity contribution in [2.45, 2.75) is 12.6 Å². The summed E-state index contributed by atoms with van der Waals surface area (Å²) in [6, 6.07) is 9.00. The molecule has 0 aliphatic heterocycles. The number of carbonyl (C=O) groups excluding carboxylic acids is 1. The third kappa shape index (κ3) is 5.63. The van der Waals surface area contributed by atoms with E-state index in [2.05, 4.69) is 5.32 Å². The van der Waals surface area contributed by atoms with Crippen LogP contribution in [0.5, 0.6) is 11.5 Å². The molecule has 2 N–H and O–H groups in total. The number of amides is 1. The molecule has 0 heterocycles. The summed E-state index contributed by atoms with van der Waals surface area (Å²) in [6.45, 7) is -0.395. The predicted octanol–water partition coefficient (Wildman–Crippen LogP) is 3.15. The van der Waals surface area contributed by atoms with Crippen LogP contribution in [0.15, 0.2) is 42.5 Å². The minimum atomic E-state index is -4.58. The third-order valence-corrected chi connectivity index (χ3v) is 3.80. The Morgan fingerprint density at radius 3 is 2.46 bits per heavy atom. The van der Waals surface area contributed by atoms with Crippen molar-refractivity contribution in [3.8, 4) is 11.5 Å². The lowest BCUT2D eigenvalue weighted by Gasteiger charge is -2.14. The second-order valence-electron chi connectivity index (χ2n) is 5.71. The lowest BCUT2D eigenvalue weighted by molar-refractivity contribution is -0.139. The summed E-state index contributed by atoms with van der Waals surface area (Å²) in [6.07, 6.45) is -4.24. The van der Waals surface area contributed by atoms with Crippen molar-refractivity contribution >= 4 is 11.9 Å². The van der Waals surface area contributed by atoms with Gasteiger partial charge in [0.05, 0.1) is 18.2 Å². The molecule has 0 unspecified atom stereocenters. The van der Waals surface area contributed by atoms with E-state index in [1.165, 1.54) is 31.4 Å². The number of alkyl halides is 3. The van der Waals surface area contributed by atoms with Gasteiger partial charge in [0, 0.05) is 6.54 Å². The number of carboxylic acids is 1. The first-order chi connectivity index (χ1) is 13.2. The summed E-state index contributed by atoms with van der Waals surface area (Å²) in [5, 5.41) is 11.5. The Balaban J connectivity index is 1.88. The van der Waals surface area contributed by atoms with Crippen LogP contribution < -0.4 is 14.8 Å². The van der Waals surface area contributed by atoms with E-state index in [1.807, 2.05) is 0 Å². The number of benzene rings is 2. The zero-order valence-electron chi connectivity index (χ0n) is 14.9. The Morgan fingerprint density at radius 2 is 1.82 bits per heavy atom. The zero-order valence-corrected chi connectivity index (χ0v) is 14.9. The molecule has 9 heteroatoms. The highest BCUT2D eigenvalue weighted by Crippen LogP contribution is 2.35. The van der Waals surface area contributed by atoms with Crippen LogP contribution in [0.2, 0.25) is 0 Å². The highest BCUT2D eigenvalue weighted by atomic mass is 19.4. The van der Waals surface area contributed by atoms with Crippen LogP contribution in [0.3, 0.4) is 0 Å². The van der Waals surface area contributed by atoms with E-state index in [4.69, 9.17) is 14.6 Å². The molecule has 0 atom stereocenters. The van der Waals surface area contributed by atoms with Crippen LogP contribution in [-0.4, -0.2) is 37.2 Å². The van der Waals surface area contributed by atoms with Crippen molar-refractivity contribution in [1.29, 1.82) is 0 Å². The lowest BCUT2D eigenvalue weighted by atomic mass is 10.1. The minimum Gasteiger partial charge on any atom is -0.496 e. The highest BCUT2D eigenvalue weighted by Gasteiger charge is 2.34. The van der Waals surface area contributed by atoms with Gasteiger partial charge in [-0.05, 0) is 36.2 Å². The monoisotopic (exact) mass is 397 g/mol. The van der Waals surface area contributed by atoms with Crippen LogP contribution in [0.1, 0.15) is 21.5 Å². The maximum Gasteiger partial charge on any atom is 0.419 e. The van der Waals surface area contributed by atoms with E-state index in [1.54, 1.807) is 6.07 Å². The molecule has 2 rings (SSSR count). The quantitative estimate of drug-likeness (QED) is 0.715. The number of rotatable bonds is 8. The van der Waals surface area contributed by atoms with Gasteiger partial charge >= 0.3 is 12.1 Å². The first kappa shape index (κ1) is 21.1. The summed E-state index contributed by atoms with van der Waals surface area (Å²) < 4.78 is 48.8. The van der Waals surface area contributed by atoms with Gasteiger partial charge in [-0.25, -0.2) is 4.79 Å². The normalized spacial score (nSPS) is 11.0. The van der Waals surface area contributed by atoms with Gasteiger partial charge in [0.1, 0.15) is 11.5 Å². The second kappa shape index (κ2) is 9.12. The Bertz CT molecular complexity index is 852. The Labute approximate surface area is 158 Å². The standard InChI is InChI=1S/C19H18F3NO5/c1-27-16-10-13(18(25)26)7-6-12(16)8-9-23-17(24)11-28-15-5-3-2-4-14(15)19(20,21)22/h2-7,10H,8-9,11H2,1H3,(H,23,24)(H,25,26). The lowest BCUT2D eigenvalue weighted by Crippen LogP contribution is -2.31. The molecule has 0 aromatic heterocycles. The number of carbonyl (C=O) groups is 2. The Kier molecular flexibility index (Phi) is 6.86. The molecule has 0 aliphatic rings. The van der Waals surface area contributed by atoms with Gasteiger partial charge in [-0.15, -0.1) is 0 Å². The number of ether oxygens (including phenoxy) is 2. The Morgan fingerprint density at radius 1 is 1.11 bits per heavy atom. The van der Waals surface area contributed by atoms with Gasteiger partial charge in [-0.3, -0.25) is 4.79 Å². The molecule has 150 valence electrons. The fraction of sp³-hybridized carbons (Fsp3) is 0.263. The topological polar surface area (TPSA) is 84.9 Å². The molecule has 0 saturated heterocycles. The predicted molar refractivity (Wildman–Crippen MR) is 93.6 cm³/mol. The molecule has 0 bridgehead atoms. The molecular formula is C19H18F3NO5. The molecule has 2 aromatic carbocycles. The third-order valence-electron chi connectivity index (χ3n) is 3.80. The van der Waals surface area contributed by atoms with Crippen LogP contribution in [0, 0.1) is 0 Å². The summed E-state index contributed by atoms with van der Waals surface area (Å²) in [5.74, 6) is -1.73. The van der Waals surface area contributed by atoms with Crippen molar-refractivity contribution in [1.82, 2.24) is 5.32 Å². The average molecular weight is 397 g/mol. The average Bonchev–Trinajstić information content (AvgIpc) is 2.65. The fourth-order valence-corrected chi connectivity index (χ4v) is 2.44. The summed E-state index contributed by atoms with van der Waals surface area (Å²) >= 11 is 0. The van der Waals surface area contributed by atoms with Crippen molar-refractivity contribution in [2.75, 3.05) is 20.3 Å². The van der Waals surface area contributed by atoms with E-state index >= 15 is 0 Å². The van der Waals surface area contributed by atoms with Gasteiger partial charge in [0.2, 0.25) is 0 Å². The van der Waals surface area contributed by atoms with Crippen LogP contribution in [-0.2, 0) is 17.4 Å². The van der Waals surface area contributed by atoms with Gasteiger partial charge in [-0.2, -0.15) is 13.2 Å². The Hall–Kier alpha value is -3.23. The van der Waals surface area contributed by atoms with Gasteiger partial charge in [0.25, 0.3) is 5.91 Å². The largest absolute Gasteiger partial charge is 0.496 e. The molecule has 2 aromatic rings. The molecule has 0 radical (unpaired) electrons. The molecule has 0 saturated carbocycles. The molecule has 0 fully saturated rings. The molecular weight excluding hydrogens is 379 g/mol. The number of hydrogen-bond donors (Lipinski definition) is 2. The number of aromatic carboxylic acids is 1. The first-order valence-corrected chi connectivity index (χ1v) is 8.18. The van der Waals surface area contributed by atoms with E-state index in [9.17, 15) is 22.8 Å². The maximum atomic E-state index is 12.9. The smallest absolute Gasteiger partial charge is 0.419 e. The van der Waals surface area contributed by atoms with E-state index in [0.717, 1.165) is 12.1 Å². The second-order valence-corrected chi connectivity index (χ2v) is 5.71. The van der Waals surface area contributed by atoms with Crippen molar-refractivity contribution in [3.05, 3.63) is 59.2 Å². The first-order valence-electron chi connectivity index (χ1n) is 8.18. The number of nitrogens with one attached hydrogen (secondary N) is 1. The number of hydrogen-bond acceptors (Lipinski definition) is 4. The van der Waals surface area contributed by atoms with E-state index in [-0.39, 0.29) is 12.1 Å². The fourth-order valence-electron chi connectivity index (χ4n) is 2.44. The van der Waals surface area contributed by atoms with Gasteiger partial charge in [0.15, 0.2) is 6.61 Å². The maximum absolute atomic E-state index is 12.9. The SMILES string of the molecule is COc1cc(C(=O)O)ccc1CCNC(=O)COc1ccccc1C(F)(F)F. The molecule has 0 aliphatic carbocycles.